The Morgan fingerprint density at radius 2 is 2.02 bits per heavy atom. The van der Waals surface area contributed by atoms with E-state index in [1.54, 1.807) is 20.5 Å². The summed E-state index contributed by atoms with van der Waals surface area (Å²) in [5, 5.41) is 18.5. The molecule has 1 aromatic heterocycles. The first-order valence-corrected chi connectivity index (χ1v) is 14.3. The number of piperazine rings is 1. The van der Waals surface area contributed by atoms with Gasteiger partial charge < -0.3 is 34.7 Å². The Morgan fingerprint density at radius 1 is 1.18 bits per heavy atom. The summed E-state index contributed by atoms with van der Waals surface area (Å²) in [4.78, 5) is 20.9. The van der Waals surface area contributed by atoms with Gasteiger partial charge in [-0.05, 0) is 31.4 Å². The van der Waals surface area contributed by atoms with Crippen LogP contribution in [0.3, 0.4) is 0 Å². The number of rotatable bonds is 10. The zero-order valence-electron chi connectivity index (χ0n) is 23.5. The number of carbonyl (C=O) groups is 1. The van der Waals surface area contributed by atoms with Crippen molar-refractivity contribution in [1.82, 2.24) is 19.8 Å². The fraction of sp³-hybridized carbons (Fsp3) is 0.484. The minimum Gasteiger partial charge on any atom is -0.497 e. The number of imidazole rings is 1. The molecule has 1 unspecified atom stereocenters. The van der Waals surface area contributed by atoms with Crippen molar-refractivity contribution in [3.8, 4) is 17.0 Å². The van der Waals surface area contributed by atoms with Gasteiger partial charge in [-0.2, -0.15) is 0 Å². The van der Waals surface area contributed by atoms with Crippen molar-refractivity contribution >= 4 is 11.6 Å². The summed E-state index contributed by atoms with van der Waals surface area (Å²) in [6.45, 7) is 3.04. The minimum absolute atomic E-state index is 0.0215. The summed E-state index contributed by atoms with van der Waals surface area (Å²) in [6, 6.07) is 17.6. The highest BCUT2D eigenvalue weighted by Gasteiger charge is 2.42. The third-order valence-corrected chi connectivity index (χ3v) is 8.22. The molecule has 1 saturated carbocycles. The van der Waals surface area contributed by atoms with E-state index in [1.807, 2.05) is 64.1 Å². The zero-order valence-corrected chi connectivity index (χ0v) is 23.5. The van der Waals surface area contributed by atoms with Crippen molar-refractivity contribution in [2.75, 3.05) is 52.3 Å². The third-order valence-electron chi connectivity index (χ3n) is 8.22. The molecule has 40 heavy (non-hydrogen) atoms. The number of benzene rings is 2. The van der Waals surface area contributed by atoms with Gasteiger partial charge in [0.05, 0.1) is 31.8 Å². The van der Waals surface area contributed by atoms with E-state index in [0.29, 0.717) is 18.7 Å². The van der Waals surface area contributed by atoms with Gasteiger partial charge in [0, 0.05) is 56.6 Å². The highest BCUT2D eigenvalue weighted by Crippen LogP contribution is 2.41. The monoisotopic (exact) mass is 547 g/mol. The van der Waals surface area contributed by atoms with Crippen LogP contribution in [0.15, 0.2) is 60.9 Å². The number of carbonyl (C=O) groups excluding carboxylic acids is 1. The molecule has 3 atom stereocenters. The summed E-state index contributed by atoms with van der Waals surface area (Å²) in [5.74, 6) is 0.733. The molecule has 1 aliphatic carbocycles. The fourth-order valence-electron chi connectivity index (χ4n) is 6.19. The number of methoxy groups -OCH3 is 2. The summed E-state index contributed by atoms with van der Waals surface area (Å²) in [7, 11) is 3.28. The molecule has 2 aromatic carbocycles. The average Bonchev–Trinajstić information content (AvgIpc) is 3.42. The van der Waals surface area contributed by atoms with Gasteiger partial charge in [0.1, 0.15) is 11.4 Å². The third kappa shape index (κ3) is 6.01. The first kappa shape index (κ1) is 28.1. The maximum Gasteiger partial charge on any atom is 0.275 e. The predicted octanol–water partition coefficient (Wildman–Crippen LogP) is 3.97. The van der Waals surface area contributed by atoms with E-state index in [2.05, 4.69) is 10.6 Å². The van der Waals surface area contributed by atoms with Crippen LogP contribution in [0.25, 0.3) is 11.3 Å². The smallest absolute Gasteiger partial charge is 0.275 e. The van der Waals surface area contributed by atoms with Gasteiger partial charge in [-0.1, -0.05) is 49.2 Å². The van der Waals surface area contributed by atoms with Crippen molar-refractivity contribution in [2.45, 2.75) is 49.8 Å². The quantitative estimate of drug-likeness (QED) is 0.353. The summed E-state index contributed by atoms with van der Waals surface area (Å²) in [6.07, 6.45) is 5.94. The summed E-state index contributed by atoms with van der Waals surface area (Å²) < 4.78 is 12.8. The molecular formula is C31H41N5O4. The highest BCUT2D eigenvalue weighted by atomic mass is 16.5. The molecule has 0 spiro atoms. The number of ether oxygens (including phenoxy) is 2. The number of nitrogens with one attached hydrogen (secondary N) is 2. The Balaban J connectivity index is 1.41. The summed E-state index contributed by atoms with van der Waals surface area (Å²) in [5.41, 5.74) is 2.09. The van der Waals surface area contributed by atoms with Crippen LogP contribution in [0.4, 0.5) is 5.69 Å². The Labute approximate surface area is 236 Å². The molecular weight excluding hydrogens is 506 g/mol. The van der Waals surface area contributed by atoms with Crippen LogP contribution in [0, 0.1) is 0 Å². The number of hydrogen-bond acceptors (Lipinski definition) is 7. The Hall–Kier alpha value is -3.40. The minimum atomic E-state index is -1.01. The van der Waals surface area contributed by atoms with Gasteiger partial charge in [-0.15, -0.1) is 0 Å². The van der Waals surface area contributed by atoms with E-state index in [0.717, 1.165) is 68.0 Å². The maximum atomic E-state index is 14.2. The molecule has 0 radical (unpaired) electrons. The lowest BCUT2D eigenvalue weighted by Crippen LogP contribution is -2.54. The summed E-state index contributed by atoms with van der Waals surface area (Å²) >= 11 is 0. The molecule has 1 aliphatic heterocycles. The van der Waals surface area contributed by atoms with Crippen molar-refractivity contribution in [3.63, 3.8) is 0 Å². The lowest BCUT2D eigenvalue weighted by molar-refractivity contribution is -0.0893. The van der Waals surface area contributed by atoms with Crippen LogP contribution in [-0.4, -0.2) is 84.1 Å². The molecule has 9 heteroatoms. The van der Waals surface area contributed by atoms with Crippen molar-refractivity contribution in [1.29, 1.82) is 0 Å². The van der Waals surface area contributed by atoms with E-state index in [1.165, 1.54) is 0 Å². The van der Waals surface area contributed by atoms with E-state index in [9.17, 15) is 9.90 Å². The number of hydrogen-bond donors (Lipinski definition) is 3. The molecule has 0 bridgehead atoms. The van der Waals surface area contributed by atoms with E-state index in [4.69, 9.17) is 14.5 Å². The zero-order chi connectivity index (χ0) is 28.0. The maximum absolute atomic E-state index is 14.2. The normalized spacial score (nSPS) is 23.1. The number of nitrogens with zero attached hydrogens (tertiary/aromatic N) is 3. The van der Waals surface area contributed by atoms with Gasteiger partial charge in [0.25, 0.3) is 5.91 Å². The van der Waals surface area contributed by atoms with Crippen LogP contribution in [0.2, 0.25) is 0 Å². The molecule has 3 aromatic rings. The van der Waals surface area contributed by atoms with Gasteiger partial charge in [-0.3, -0.25) is 4.79 Å². The number of amides is 1. The Bertz CT molecular complexity index is 1260. The van der Waals surface area contributed by atoms with Crippen LogP contribution in [0.1, 0.15) is 48.6 Å². The van der Waals surface area contributed by atoms with Crippen LogP contribution in [-0.2, 0) is 4.74 Å². The van der Waals surface area contributed by atoms with Gasteiger partial charge >= 0.3 is 0 Å². The van der Waals surface area contributed by atoms with Crippen molar-refractivity contribution in [3.05, 3.63) is 66.6 Å². The van der Waals surface area contributed by atoms with Crippen LogP contribution < -0.4 is 15.4 Å². The number of aromatic nitrogens is 2. The predicted molar refractivity (Wildman–Crippen MR) is 156 cm³/mol. The molecule has 2 fully saturated rings. The lowest BCUT2D eigenvalue weighted by Gasteiger charge is -2.41. The SMILES string of the molecule is COCC1(O)CCCC[C@H]1n1cnc(C(=O)N2CCNC[C@H]2CCNc2cccc(OC)c2)c1-c1ccccc1. The molecule has 2 heterocycles. The lowest BCUT2D eigenvalue weighted by atomic mass is 9.80. The van der Waals surface area contributed by atoms with E-state index in [-0.39, 0.29) is 24.6 Å². The molecule has 9 nitrogen and oxygen atoms in total. The Morgan fingerprint density at radius 3 is 2.83 bits per heavy atom. The first-order chi connectivity index (χ1) is 19.5. The second-order valence-corrected chi connectivity index (χ2v) is 10.8. The van der Waals surface area contributed by atoms with Gasteiger partial charge in [-0.25, -0.2) is 4.98 Å². The standard InChI is InChI=1S/C31H41N5O4/c1-39-21-31(38)15-7-6-13-27(31)36-22-34-28(29(36)23-9-4-3-5-10-23)30(37)35-18-17-32-20-25(35)14-16-33-24-11-8-12-26(19-24)40-2/h3-5,8-12,19,22,25,27,32-33,38H,6-7,13-18,20-21H2,1-2H3/t25-,27-,31?/m1/s1. The van der Waals surface area contributed by atoms with E-state index < -0.39 is 5.60 Å². The van der Waals surface area contributed by atoms with Crippen LogP contribution in [0.5, 0.6) is 5.75 Å². The molecule has 3 N–H and O–H groups in total. The van der Waals surface area contributed by atoms with Crippen molar-refractivity contribution in [2.24, 2.45) is 0 Å². The second kappa shape index (κ2) is 12.8. The van der Waals surface area contributed by atoms with Gasteiger partial charge in [0.2, 0.25) is 0 Å². The molecule has 1 saturated heterocycles. The molecule has 1 amide bonds. The van der Waals surface area contributed by atoms with Crippen LogP contribution >= 0.6 is 0 Å². The molecule has 5 rings (SSSR count). The van der Waals surface area contributed by atoms with E-state index >= 15 is 0 Å². The highest BCUT2D eigenvalue weighted by molar-refractivity contribution is 5.98. The molecule has 214 valence electrons. The number of aliphatic hydroxyl groups is 1. The second-order valence-electron chi connectivity index (χ2n) is 10.8. The Kier molecular flexibility index (Phi) is 9.04. The first-order valence-electron chi connectivity index (χ1n) is 14.3. The number of anilines is 1. The molecule has 2 aliphatic rings. The topological polar surface area (TPSA) is 101 Å². The fourth-order valence-corrected chi connectivity index (χ4v) is 6.19. The average molecular weight is 548 g/mol. The largest absolute Gasteiger partial charge is 0.497 e. The van der Waals surface area contributed by atoms with Gasteiger partial charge in [0.15, 0.2) is 5.69 Å². The van der Waals surface area contributed by atoms with Crippen molar-refractivity contribution < 1.29 is 19.4 Å².